The van der Waals surface area contributed by atoms with Crippen molar-refractivity contribution in [1.29, 1.82) is 0 Å². The number of likely N-dealkylation sites (tertiary alicyclic amines) is 1. The molecular formula is C25H29F4N9. The van der Waals surface area contributed by atoms with Gasteiger partial charge in [0.1, 0.15) is 16.9 Å². The molecule has 1 aliphatic heterocycles. The number of aryl methyl sites for hydroxylation is 1. The highest BCUT2D eigenvalue weighted by atomic mass is 19.3. The van der Waals surface area contributed by atoms with E-state index in [1.807, 2.05) is 16.6 Å². The van der Waals surface area contributed by atoms with Gasteiger partial charge in [0.2, 0.25) is 5.95 Å². The van der Waals surface area contributed by atoms with Gasteiger partial charge in [-0.25, -0.2) is 32.0 Å². The highest BCUT2D eigenvalue weighted by Gasteiger charge is 2.31. The number of anilines is 2. The Morgan fingerprint density at radius 3 is 2.42 bits per heavy atom. The van der Waals surface area contributed by atoms with Gasteiger partial charge in [0.15, 0.2) is 11.5 Å². The van der Waals surface area contributed by atoms with Gasteiger partial charge < -0.3 is 15.6 Å². The summed E-state index contributed by atoms with van der Waals surface area (Å²) < 4.78 is 55.1. The highest BCUT2D eigenvalue weighted by molar-refractivity contribution is 5.89. The predicted octanol–water partition coefficient (Wildman–Crippen LogP) is 4.32. The van der Waals surface area contributed by atoms with Crippen LogP contribution in [-0.2, 0) is 6.54 Å². The zero-order valence-electron chi connectivity index (χ0n) is 20.9. The van der Waals surface area contributed by atoms with Crippen LogP contribution in [0.4, 0.5) is 29.3 Å². The third kappa shape index (κ3) is 4.74. The van der Waals surface area contributed by atoms with Crippen LogP contribution in [-0.4, -0.2) is 72.6 Å². The summed E-state index contributed by atoms with van der Waals surface area (Å²) in [4.78, 5) is 15.4. The number of nitrogens with zero attached hydrogens (tertiary/aromatic N) is 7. The SMILES string of the molecule is Cc1nc2ccc(-c3cc(C4CC4)n4nc(NC5CCN(CC(F)F)CC5)nc(N)c34)nc2n1CC(F)F. The quantitative estimate of drug-likeness (QED) is 0.327. The number of piperidine rings is 1. The molecule has 3 N–H and O–H groups in total. The molecule has 0 radical (unpaired) electrons. The summed E-state index contributed by atoms with van der Waals surface area (Å²) in [5.74, 6) is 1.48. The summed E-state index contributed by atoms with van der Waals surface area (Å²) in [6.45, 7) is 2.16. The average Bonchev–Trinajstić information content (AvgIpc) is 3.57. The molecule has 2 fully saturated rings. The first kappa shape index (κ1) is 24.8. The van der Waals surface area contributed by atoms with Crippen LogP contribution in [0.15, 0.2) is 18.2 Å². The standard InChI is InChI=1S/C25H29F4N9/c1-13-31-18-5-4-17(33-24(18)37(13)12-21(28)29)16-10-19(14-2-3-14)38-22(16)23(30)34-25(35-38)32-15-6-8-36(9-7-15)11-20(26)27/h4-5,10,14-15,20-21H,2-3,6-9,11-12H2,1H3,(H3,30,32,34,35). The van der Waals surface area contributed by atoms with Crippen molar-refractivity contribution in [2.45, 2.75) is 64.0 Å². The summed E-state index contributed by atoms with van der Waals surface area (Å²) in [5.41, 5.74) is 10.4. The van der Waals surface area contributed by atoms with Gasteiger partial charge in [0.05, 0.1) is 18.8 Å². The molecule has 2 aliphatic rings. The van der Waals surface area contributed by atoms with E-state index in [0.29, 0.717) is 66.0 Å². The number of alkyl halides is 4. The minimum absolute atomic E-state index is 0.0580. The molecule has 4 aromatic rings. The summed E-state index contributed by atoms with van der Waals surface area (Å²) in [5, 5.41) is 8.11. The number of fused-ring (bicyclic) bond motifs is 2. The Hall–Kier alpha value is -3.48. The number of nitrogens with one attached hydrogen (secondary N) is 1. The Bertz CT molecular complexity index is 1470. The minimum atomic E-state index is -2.53. The molecule has 4 aromatic heterocycles. The zero-order valence-corrected chi connectivity index (χ0v) is 20.9. The van der Waals surface area contributed by atoms with Gasteiger partial charge in [-0.2, -0.15) is 4.98 Å². The molecule has 0 bridgehead atoms. The molecule has 0 amide bonds. The molecule has 38 heavy (non-hydrogen) atoms. The van der Waals surface area contributed by atoms with Crippen LogP contribution < -0.4 is 11.1 Å². The largest absolute Gasteiger partial charge is 0.382 e. The molecule has 5 heterocycles. The molecular weight excluding hydrogens is 502 g/mol. The molecule has 0 spiro atoms. The first-order chi connectivity index (χ1) is 18.3. The predicted molar refractivity (Wildman–Crippen MR) is 136 cm³/mol. The normalized spacial score (nSPS) is 17.4. The summed E-state index contributed by atoms with van der Waals surface area (Å²) in [6, 6.07) is 5.66. The fourth-order valence-electron chi connectivity index (χ4n) is 5.34. The van der Waals surface area contributed by atoms with E-state index >= 15 is 0 Å². The van der Waals surface area contributed by atoms with Crippen molar-refractivity contribution in [2.75, 3.05) is 30.7 Å². The van der Waals surface area contributed by atoms with Crippen LogP contribution in [0.3, 0.4) is 0 Å². The summed E-state index contributed by atoms with van der Waals surface area (Å²) in [6.07, 6.45) is -1.38. The topological polar surface area (TPSA) is 102 Å². The second-order valence-electron chi connectivity index (χ2n) is 10.1. The molecule has 1 aliphatic carbocycles. The second-order valence-corrected chi connectivity index (χ2v) is 10.1. The maximum absolute atomic E-state index is 13.2. The minimum Gasteiger partial charge on any atom is -0.382 e. The van der Waals surface area contributed by atoms with Crippen molar-refractivity contribution in [3.05, 3.63) is 29.7 Å². The van der Waals surface area contributed by atoms with E-state index in [4.69, 9.17) is 15.8 Å². The fraction of sp³-hybridized carbons (Fsp3) is 0.520. The lowest BCUT2D eigenvalue weighted by Crippen LogP contribution is -2.41. The molecule has 0 atom stereocenters. The fourth-order valence-corrected chi connectivity index (χ4v) is 5.34. The van der Waals surface area contributed by atoms with Crippen molar-refractivity contribution < 1.29 is 17.6 Å². The number of nitrogen functional groups attached to an aromatic ring is 1. The molecule has 13 heteroatoms. The number of aromatic nitrogens is 6. The smallest absolute Gasteiger partial charge is 0.256 e. The maximum Gasteiger partial charge on any atom is 0.256 e. The van der Waals surface area contributed by atoms with Gasteiger partial charge in [-0.1, -0.05) is 0 Å². The van der Waals surface area contributed by atoms with Gasteiger partial charge in [-0.3, -0.25) is 4.90 Å². The van der Waals surface area contributed by atoms with E-state index in [1.165, 1.54) is 4.57 Å². The maximum atomic E-state index is 13.2. The monoisotopic (exact) mass is 531 g/mol. The van der Waals surface area contributed by atoms with Crippen LogP contribution in [0.1, 0.15) is 43.1 Å². The second kappa shape index (κ2) is 9.68. The van der Waals surface area contributed by atoms with Crippen molar-refractivity contribution in [3.8, 4) is 11.3 Å². The van der Waals surface area contributed by atoms with Crippen molar-refractivity contribution >= 4 is 28.4 Å². The van der Waals surface area contributed by atoms with Crippen LogP contribution in [0, 0.1) is 6.92 Å². The Morgan fingerprint density at radius 2 is 1.74 bits per heavy atom. The number of hydrogen-bond donors (Lipinski definition) is 2. The lowest BCUT2D eigenvalue weighted by molar-refractivity contribution is 0.0769. The van der Waals surface area contributed by atoms with Crippen LogP contribution >= 0.6 is 0 Å². The first-order valence-electron chi connectivity index (χ1n) is 12.9. The van der Waals surface area contributed by atoms with E-state index in [9.17, 15) is 17.6 Å². The lowest BCUT2D eigenvalue weighted by atomic mass is 10.1. The van der Waals surface area contributed by atoms with Gasteiger partial charge in [-0.15, -0.1) is 5.10 Å². The van der Waals surface area contributed by atoms with Gasteiger partial charge in [-0.05, 0) is 50.8 Å². The third-order valence-electron chi connectivity index (χ3n) is 7.36. The Labute approximate surface area is 216 Å². The van der Waals surface area contributed by atoms with Crippen molar-refractivity contribution in [1.82, 2.24) is 34.0 Å². The van der Waals surface area contributed by atoms with Crippen molar-refractivity contribution in [3.63, 3.8) is 0 Å². The Balaban J connectivity index is 1.34. The summed E-state index contributed by atoms with van der Waals surface area (Å²) in [7, 11) is 0. The molecule has 9 nitrogen and oxygen atoms in total. The lowest BCUT2D eigenvalue weighted by Gasteiger charge is -2.32. The molecule has 202 valence electrons. The Morgan fingerprint density at radius 1 is 1.00 bits per heavy atom. The highest BCUT2D eigenvalue weighted by Crippen LogP contribution is 2.44. The number of hydrogen-bond acceptors (Lipinski definition) is 7. The number of imidazole rings is 1. The number of pyridine rings is 1. The number of nitrogens with two attached hydrogens (primary N) is 1. The van der Waals surface area contributed by atoms with Gasteiger partial charge >= 0.3 is 0 Å². The molecule has 1 saturated carbocycles. The van der Waals surface area contributed by atoms with Gasteiger partial charge in [0.25, 0.3) is 12.9 Å². The molecule has 6 rings (SSSR count). The van der Waals surface area contributed by atoms with E-state index in [1.54, 1.807) is 17.9 Å². The number of rotatable bonds is 8. The molecule has 0 aromatic carbocycles. The molecule has 1 saturated heterocycles. The van der Waals surface area contributed by atoms with E-state index < -0.39 is 19.4 Å². The van der Waals surface area contributed by atoms with Crippen LogP contribution in [0.25, 0.3) is 27.9 Å². The van der Waals surface area contributed by atoms with Crippen LogP contribution in [0.2, 0.25) is 0 Å². The van der Waals surface area contributed by atoms with E-state index in [2.05, 4.69) is 15.3 Å². The Kier molecular flexibility index (Phi) is 6.33. The van der Waals surface area contributed by atoms with E-state index in [0.717, 1.165) is 24.1 Å². The van der Waals surface area contributed by atoms with Crippen LogP contribution in [0.5, 0.6) is 0 Å². The molecule has 0 unspecified atom stereocenters. The third-order valence-corrected chi connectivity index (χ3v) is 7.36. The van der Waals surface area contributed by atoms with Gasteiger partial charge in [0, 0.05) is 36.3 Å². The van der Waals surface area contributed by atoms with E-state index in [-0.39, 0.29) is 18.4 Å². The number of halogens is 4. The van der Waals surface area contributed by atoms with Crippen molar-refractivity contribution in [2.24, 2.45) is 0 Å². The first-order valence-corrected chi connectivity index (χ1v) is 12.9. The zero-order chi connectivity index (χ0) is 26.6. The average molecular weight is 532 g/mol. The summed E-state index contributed by atoms with van der Waals surface area (Å²) >= 11 is 0.